The first-order chi connectivity index (χ1) is 7.36. The molecule has 15 heavy (non-hydrogen) atoms. The highest BCUT2D eigenvalue weighted by atomic mass is 79.9. The van der Waals surface area contributed by atoms with Crippen LogP contribution in [-0.4, -0.2) is 24.7 Å². The van der Waals surface area contributed by atoms with E-state index in [2.05, 4.69) is 26.2 Å². The third kappa shape index (κ3) is 3.18. The van der Waals surface area contributed by atoms with E-state index in [9.17, 15) is 0 Å². The molecule has 82 valence electrons. The van der Waals surface area contributed by atoms with Gasteiger partial charge in [0.05, 0.1) is 16.8 Å². The quantitative estimate of drug-likeness (QED) is 0.917. The van der Waals surface area contributed by atoms with Crippen LogP contribution in [0.2, 0.25) is 0 Å². The summed E-state index contributed by atoms with van der Waals surface area (Å²) in [4.78, 5) is 4.03. The number of ether oxygens (including phenoxy) is 1. The number of hydrogen-bond donors (Lipinski definition) is 1. The molecule has 2 heterocycles. The van der Waals surface area contributed by atoms with Crippen molar-refractivity contribution in [2.45, 2.75) is 12.8 Å². The van der Waals surface area contributed by atoms with E-state index in [4.69, 9.17) is 4.74 Å². The molecule has 3 nitrogen and oxygen atoms in total. The molecule has 0 bridgehead atoms. The van der Waals surface area contributed by atoms with Crippen molar-refractivity contribution in [2.75, 3.05) is 25.1 Å². The predicted molar refractivity (Wildman–Crippen MR) is 64.0 cm³/mol. The van der Waals surface area contributed by atoms with E-state index in [1.807, 2.05) is 6.07 Å². The standard InChI is InChI=1S/C11H15BrN2O/c12-10-7-13-4-3-11(10)14-6-9-2-1-5-15-8-9/h3-4,7,9H,1-2,5-6,8H2,(H,13,14). The minimum Gasteiger partial charge on any atom is -0.384 e. The molecule has 0 aromatic carbocycles. The lowest BCUT2D eigenvalue weighted by molar-refractivity contribution is 0.0595. The highest BCUT2D eigenvalue weighted by Gasteiger charge is 2.13. The van der Waals surface area contributed by atoms with E-state index >= 15 is 0 Å². The average molecular weight is 271 g/mol. The van der Waals surface area contributed by atoms with E-state index in [0.29, 0.717) is 5.92 Å². The molecule has 1 aliphatic heterocycles. The summed E-state index contributed by atoms with van der Waals surface area (Å²) in [5, 5.41) is 3.42. The number of pyridine rings is 1. The number of aromatic nitrogens is 1. The summed E-state index contributed by atoms with van der Waals surface area (Å²) in [7, 11) is 0. The second kappa shape index (κ2) is 5.47. The SMILES string of the molecule is Brc1cnccc1NCC1CCCOC1. The van der Waals surface area contributed by atoms with Crippen LogP contribution in [0.25, 0.3) is 0 Å². The molecule has 2 rings (SSSR count). The third-order valence-electron chi connectivity index (χ3n) is 2.61. The molecule has 1 unspecified atom stereocenters. The summed E-state index contributed by atoms with van der Waals surface area (Å²) in [5.41, 5.74) is 1.11. The van der Waals surface area contributed by atoms with Gasteiger partial charge in [0.1, 0.15) is 0 Å². The van der Waals surface area contributed by atoms with Crippen LogP contribution in [-0.2, 0) is 4.74 Å². The zero-order valence-corrected chi connectivity index (χ0v) is 10.2. The second-order valence-corrected chi connectivity index (χ2v) is 4.67. The van der Waals surface area contributed by atoms with E-state index in [-0.39, 0.29) is 0 Å². The van der Waals surface area contributed by atoms with Gasteiger partial charge in [-0.2, -0.15) is 0 Å². The maximum atomic E-state index is 5.44. The van der Waals surface area contributed by atoms with Gasteiger partial charge in [-0.3, -0.25) is 4.98 Å². The summed E-state index contributed by atoms with van der Waals surface area (Å²) >= 11 is 3.47. The lowest BCUT2D eigenvalue weighted by atomic mass is 10.0. The van der Waals surface area contributed by atoms with Crippen LogP contribution in [0.5, 0.6) is 0 Å². The van der Waals surface area contributed by atoms with Crippen molar-refractivity contribution in [1.82, 2.24) is 4.98 Å². The molecule has 0 radical (unpaired) electrons. The maximum Gasteiger partial charge on any atom is 0.0590 e. The molecule has 1 atom stereocenters. The molecule has 1 saturated heterocycles. The summed E-state index contributed by atoms with van der Waals surface area (Å²) in [5.74, 6) is 0.638. The zero-order valence-electron chi connectivity index (χ0n) is 8.58. The van der Waals surface area contributed by atoms with Crippen molar-refractivity contribution in [2.24, 2.45) is 5.92 Å². The van der Waals surface area contributed by atoms with Crippen LogP contribution in [0.4, 0.5) is 5.69 Å². The third-order valence-corrected chi connectivity index (χ3v) is 3.24. The molecule has 1 N–H and O–H groups in total. The van der Waals surface area contributed by atoms with Gasteiger partial charge in [0.25, 0.3) is 0 Å². The van der Waals surface area contributed by atoms with Gasteiger partial charge >= 0.3 is 0 Å². The van der Waals surface area contributed by atoms with Crippen LogP contribution in [0.3, 0.4) is 0 Å². The Hall–Kier alpha value is -0.610. The van der Waals surface area contributed by atoms with Crippen molar-refractivity contribution in [1.29, 1.82) is 0 Å². The maximum absolute atomic E-state index is 5.44. The topological polar surface area (TPSA) is 34.2 Å². The molecule has 0 aliphatic carbocycles. The molecular weight excluding hydrogens is 256 g/mol. The Kier molecular flexibility index (Phi) is 3.97. The van der Waals surface area contributed by atoms with Gasteiger partial charge in [0, 0.05) is 25.5 Å². The second-order valence-electron chi connectivity index (χ2n) is 3.82. The van der Waals surface area contributed by atoms with Crippen LogP contribution in [0.15, 0.2) is 22.9 Å². The molecule has 1 fully saturated rings. The van der Waals surface area contributed by atoms with Crippen LogP contribution in [0.1, 0.15) is 12.8 Å². The van der Waals surface area contributed by atoms with Gasteiger partial charge < -0.3 is 10.1 Å². The average Bonchev–Trinajstić information content (AvgIpc) is 2.29. The first-order valence-electron chi connectivity index (χ1n) is 5.27. The summed E-state index contributed by atoms with van der Waals surface area (Å²) in [6.07, 6.45) is 6.05. The van der Waals surface area contributed by atoms with Crippen LogP contribution >= 0.6 is 15.9 Å². The van der Waals surface area contributed by atoms with Crippen LogP contribution < -0.4 is 5.32 Å². The number of hydrogen-bond acceptors (Lipinski definition) is 3. The highest BCUT2D eigenvalue weighted by Crippen LogP contribution is 2.21. The molecule has 0 spiro atoms. The van der Waals surface area contributed by atoms with Gasteiger partial charge in [-0.15, -0.1) is 0 Å². The first-order valence-corrected chi connectivity index (χ1v) is 6.06. The van der Waals surface area contributed by atoms with Gasteiger partial charge in [0.2, 0.25) is 0 Å². The van der Waals surface area contributed by atoms with Gasteiger partial charge in [-0.1, -0.05) is 0 Å². The molecule has 0 saturated carbocycles. The zero-order chi connectivity index (χ0) is 10.5. The number of rotatable bonds is 3. The summed E-state index contributed by atoms with van der Waals surface area (Å²) in [6.45, 7) is 2.79. The normalized spacial score (nSPS) is 21.3. The molecular formula is C11H15BrN2O. The molecule has 1 aliphatic rings. The first kappa shape index (κ1) is 10.9. The number of nitrogens with zero attached hydrogens (tertiary/aromatic N) is 1. The molecule has 1 aromatic heterocycles. The minimum absolute atomic E-state index is 0.638. The van der Waals surface area contributed by atoms with Crippen molar-refractivity contribution < 1.29 is 4.74 Å². The van der Waals surface area contributed by atoms with E-state index in [1.165, 1.54) is 12.8 Å². The molecule has 4 heteroatoms. The largest absolute Gasteiger partial charge is 0.384 e. The predicted octanol–water partition coefficient (Wildman–Crippen LogP) is 2.68. The summed E-state index contributed by atoms with van der Waals surface area (Å²) < 4.78 is 6.45. The fourth-order valence-corrected chi connectivity index (χ4v) is 2.13. The number of halogens is 1. The van der Waals surface area contributed by atoms with Crippen molar-refractivity contribution in [3.63, 3.8) is 0 Å². The van der Waals surface area contributed by atoms with Crippen molar-refractivity contribution in [3.8, 4) is 0 Å². The number of nitrogens with one attached hydrogen (secondary N) is 1. The van der Waals surface area contributed by atoms with Crippen molar-refractivity contribution >= 4 is 21.6 Å². The fraction of sp³-hybridized carbons (Fsp3) is 0.545. The Morgan fingerprint density at radius 1 is 1.60 bits per heavy atom. The minimum atomic E-state index is 0.638. The molecule has 1 aromatic rings. The Labute approximate surface area is 98.4 Å². The monoisotopic (exact) mass is 270 g/mol. The number of anilines is 1. The highest BCUT2D eigenvalue weighted by molar-refractivity contribution is 9.10. The summed E-state index contributed by atoms with van der Waals surface area (Å²) in [6, 6.07) is 1.98. The van der Waals surface area contributed by atoms with Crippen molar-refractivity contribution in [3.05, 3.63) is 22.9 Å². The van der Waals surface area contributed by atoms with E-state index < -0.39 is 0 Å². The van der Waals surface area contributed by atoms with E-state index in [0.717, 1.165) is 29.9 Å². The Balaban J connectivity index is 1.84. The Bertz CT molecular complexity index is 313. The Morgan fingerprint density at radius 3 is 3.27 bits per heavy atom. The smallest absolute Gasteiger partial charge is 0.0590 e. The van der Waals surface area contributed by atoms with Crippen LogP contribution in [0, 0.1) is 5.92 Å². The van der Waals surface area contributed by atoms with Gasteiger partial charge in [0.15, 0.2) is 0 Å². The fourth-order valence-electron chi connectivity index (χ4n) is 1.74. The van der Waals surface area contributed by atoms with Gasteiger partial charge in [-0.25, -0.2) is 0 Å². The lowest BCUT2D eigenvalue weighted by Crippen LogP contribution is -2.24. The Morgan fingerprint density at radius 2 is 2.53 bits per heavy atom. The van der Waals surface area contributed by atoms with E-state index in [1.54, 1.807) is 12.4 Å². The lowest BCUT2D eigenvalue weighted by Gasteiger charge is -2.22. The van der Waals surface area contributed by atoms with Gasteiger partial charge in [-0.05, 0) is 40.8 Å². The molecule has 0 amide bonds.